The molecule has 1 aliphatic heterocycles. The molecule has 1 saturated heterocycles. The SMILES string of the molecule is CCNC1CCN(c2ccc(NC(C)=O)cc2)C1=O. The Morgan fingerprint density at radius 1 is 1.37 bits per heavy atom. The molecular weight excluding hydrogens is 242 g/mol. The minimum absolute atomic E-state index is 0.0694. The van der Waals surface area contributed by atoms with Gasteiger partial charge in [-0.05, 0) is 37.2 Å². The minimum atomic E-state index is -0.0998. The molecular formula is C14H19N3O2. The Morgan fingerprint density at radius 2 is 2.05 bits per heavy atom. The molecule has 2 amide bonds. The zero-order valence-electron chi connectivity index (χ0n) is 11.3. The van der Waals surface area contributed by atoms with Gasteiger partial charge >= 0.3 is 0 Å². The van der Waals surface area contributed by atoms with Gasteiger partial charge in [-0.1, -0.05) is 6.92 Å². The van der Waals surface area contributed by atoms with Crippen molar-refractivity contribution < 1.29 is 9.59 Å². The molecule has 2 N–H and O–H groups in total. The van der Waals surface area contributed by atoms with Crippen LogP contribution in [0.1, 0.15) is 20.3 Å². The number of likely N-dealkylation sites (N-methyl/N-ethyl adjacent to an activating group) is 1. The van der Waals surface area contributed by atoms with Crippen LogP contribution in [0, 0.1) is 0 Å². The Hall–Kier alpha value is -1.88. The van der Waals surface area contributed by atoms with Crippen molar-refractivity contribution in [2.45, 2.75) is 26.3 Å². The molecule has 1 aliphatic rings. The number of nitrogens with one attached hydrogen (secondary N) is 2. The first-order valence-corrected chi connectivity index (χ1v) is 6.54. The molecule has 1 aromatic carbocycles. The Bertz CT molecular complexity index is 470. The third kappa shape index (κ3) is 3.12. The van der Waals surface area contributed by atoms with E-state index in [1.54, 1.807) is 4.90 Å². The maximum absolute atomic E-state index is 12.2. The van der Waals surface area contributed by atoms with Crippen LogP contribution in [-0.4, -0.2) is 30.9 Å². The van der Waals surface area contributed by atoms with Crippen LogP contribution in [0.15, 0.2) is 24.3 Å². The maximum atomic E-state index is 12.2. The number of carbonyl (C=O) groups is 2. The molecule has 0 spiro atoms. The number of hydrogen-bond acceptors (Lipinski definition) is 3. The molecule has 1 heterocycles. The predicted molar refractivity (Wildman–Crippen MR) is 75.2 cm³/mol. The lowest BCUT2D eigenvalue weighted by Crippen LogP contribution is -2.38. The third-order valence-electron chi connectivity index (χ3n) is 3.16. The van der Waals surface area contributed by atoms with Crippen LogP contribution < -0.4 is 15.5 Å². The Labute approximate surface area is 113 Å². The molecule has 1 unspecified atom stereocenters. The molecule has 2 rings (SSSR count). The van der Waals surface area contributed by atoms with Gasteiger partial charge in [0.1, 0.15) is 0 Å². The van der Waals surface area contributed by atoms with E-state index in [2.05, 4.69) is 10.6 Å². The van der Waals surface area contributed by atoms with Gasteiger partial charge in [0.15, 0.2) is 0 Å². The number of anilines is 2. The molecule has 0 bridgehead atoms. The van der Waals surface area contributed by atoms with Crippen LogP contribution in [0.2, 0.25) is 0 Å². The van der Waals surface area contributed by atoms with Gasteiger partial charge < -0.3 is 15.5 Å². The zero-order valence-corrected chi connectivity index (χ0v) is 11.3. The zero-order chi connectivity index (χ0) is 13.8. The van der Waals surface area contributed by atoms with Gasteiger partial charge in [-0.15, -0.1) is 0 Å². The highest BCUT2D eigenvalue weighted by Crippen LogP contribution is 2.23. The summed E-state index contributed by atoms with van der Waals surface area (Å²) in [5, 5.41) is 5.89. The fourth-order valence-electron chi connectivity index (χ4n) is 2.30. The molecule has 5 nitrogen and oxygen atoms in total. The summed E-state index contributed by atoms with van der Waals surface area (Å²) in [6, 6.07) is 7.27. The first kappa shape index (κ1) is 13.5. The number of rotatable bonds is 4. The molecule has 1 fully saturated rings. The van der Waals surface area contributed by atoms with E-state index < -0.39 is 0 Å². The Morgan fingerprint density at radius 3 is 2.63 bits per heavy atom. The second kappa shape index (κ2) is 5.84. The van der Waals surface area contributed by atoms with Crippen molar-refractivity contribution >= 4 is 23.2 Å². The molecule has 0 saturated carbocycles. The van der Waals surface area contributed by atoms with E-state index in [0.717, 1.165) is 30.9 Å². The van der Waals surface area contributed by atoms with E-state index >= 15 is 0 Å². The van der Waals surface area contributed by atoms with Crippen molar-refractivity contribution in [3.8, 4) is 0 Å². The standard InChI is InChI=1S/C14H19N3O2/c1-3-15-13-8-9-17(14(13)19)12-6-4-11(5-7-12)16-10(2)18/h4-7,13,15H,3,8-9H2,1-2H3,(H,16,18). The highest BCUT2D eigenvalue weighted by molar-refractivity contribution is 5.99. The number of benzene rings is 1. The lowest BCUT2D eigenvalue weighted by molar-refractivity contribution is -0.118. The summed E-state index contributed by atoms with van der Waals surface area (Å²) >= 11 is 0. The Kier molecular flexibility index (Phi) is 4.16. The van der Waals surface area contributed by atoms with Crippen molar-refractivity contribution in [2.75, 3.05) is 23.3 Å². The molecule has 19 heavy (non-hydrogen) atoms. The molecule has 1 aromatic rings. The van der Waals surface area contributed by atoms with Gasteiger partial charge in [0, 0.05) is 24.8 Å². The summed E-state index contributed by atoms with van der Waals surface area (Å²) < 4.78 is 0. The fourth-order valence-corrected chi connectivity index (χ4v) is 2.30. The molecule has 102 valence electrons. The predicted octanol–water partition coefficient (Wildman–Crippen LogP) is 1.36. The van der Waals surface area contributed by atoms with Gasteiger partial charge in [-0.2, -0.15) is 0 Å². The summed E-state index contributed by atoms with van der Waals surface area (Å²) in [6.07, 6.45) is 0.833. The Balaban J connectivity index is 2.06. The van der Waals surface area contributed by atoms with E-state index in [-0.39, 0.29) is 17.9 Å². The maximum Gasteiger partial charge on any atom is 0.244 e. The van der Waals surface area contributed by atoms with E-state index in [4.69, 9.17) is 0 Å². The molecule has 0 radical (unpaired) electrons. The van der Waals surface area contributed by atoms with E-state index in [1.165, 1.54) is 6.92 Å². The lowest BCUT2D eigenvalue weighted by Gasteiger charge is -2.17. The lowest BCUT2D eigenvalue weighted by atomic mass is 10.2. The summed E-state index contributed by atoms with van der Waals surface area (Å²) in [5.74, 6) is 0.0198. The number of amides is 2. The van der Waals surface area contributed by atoms with E-state index in [0.29, 0.717) is 0 Å². The van der Waals surface area contributed by atoms with Gasteiger partial charge in [0.25, 0.3) is 0 Å². The van der Waals surface area contributed by atoms with Crippen molar-refractivity contribution in [1.29, 1.82) is 0 Å². The molecule has 5 heteroatoms. The monoisotopic (exact) mass is 261 g/mol. The van der Waals surface area contributed by atoms with Crippen LogP contribution in [0.5, 0.6) is 0 Å². The second-order valence-corrected chi connectivity index (χ2v) is 4.62. The smallest absolute Gasteiger partial charge is 0.244 e. The van der Waals surface area contributed by atoms with Crippen molar-refractivity contribution in [3.05, 3.63) is 24.3 Å². The fraction of sp³-hybridized carbons (Fsp3) is 0.429. The van der Waals surface area contributed by atoms with Crippen LogP contribution >= 0.6 is 0 Å². The highest BCUT2D eigenvalue weighted by atomic mass is 16.2. The van der Waals surface area contributed by atoms with Crippen LogP contribution in [0.25, 0.3) is 0 Å². The van der Waals surface area contributed by atoms with E-state index in [1.807, 2.05) is 31.2 Å². The van der Waals surface area contributed by atoms with Crippen LogP contribution in [0.4, 0.5) is 11.4 Å². The van der Waals surface area contributed by atoms with Crippen LogP contribution in [0.3, 0.4) is 0 Å². The average molecular weight is 261 g/mol. The van der Waals surface area contributed by atoms with Crippen molar-refractivity contribution in [1.82, 2.24) is 5.32 Å². The third-order valence-corrected chi connectivity index (χ3v) is 3.16. The first-order valence-electron chi connectivity index (χ1n) is 6.54. The molecule has 1 atom stereocenters. The molecule has 0 aliphatic carbocycles. The van der Waals surface area contributed by atoms with Gasteiger partial charge in [0.05, 0.1) is 6.04 Å². The number of carbonyl (C=O) groups excluding carboxylic acids is 2. The highest BCUT2D eigenvalue weighted by Gasteiger charge is 2.31. The topological polar surface area (TPSA) is 61.4 Å². The van der Waals surface area contributed by atoms with Gasteiger partial charge in [-0.3, -0.25) is 9.59 Å². The average Bonchev–Trinajstić information content (AvgIpc) is 2.72. The number of nitrogens with zero attached hydrogens (tertiary/aromatic N) is 1. The summed E-state index contributed by atoms with van der Waals surface area (Å²) in [4.78, 5) is 24.9. The molecule has 0 aromatic heterocycles. The minimum Gasteiger partial charge on any atom is -0.326 e. The number of hydrogen-bond donors (Lipinski definition) is 2. The summed E-state index contributed by atoms with van der Waals surface area (Å²) in [5.41, 5.74) is 1.62. The largest absolute Gasteiger partial charge is 0.326 e. The van der Waals surface area contributed by atoms with Gasteiger partial charge in [0.2, 0.25) is 11.8 Å². The van der Waals surface area contributed by atoms with Crippen molar-refractivity contribution in [2.24, 2.45) is 0 Å². The first-order chi connectivity index (χ1) is 9.11. The van der Waals surface area contributed by atoms with Crippen LogP contribution in [-0.2, 0) is 9.59 Å². The van der Waals surface area contributed by atoms with Gasteiger partial charge in [-0.25, -0.2) is 0 Å². The second-order valence-electron chi connectivity index (χ2n) is 4.62. The summed E-state index contributed by atoms with van der Waals surface area (Å²) in [6.45, 7) is 5.00. The quantitative estimate of drug-likeness (QED) is 0.860. The normalized spacial score (nSPS) is 18.7. The van der Waals surface area contributed by atoms with Crippen molar-refractivity contribution in [3.63, 3.8) is 0 Å². The van der Waals surface area contributed by atoms with E-state index in [9.17, 15) is 9.59 Å². The summed E-state index contributed by atoms with van der Waals surface area (Å²) in [7, 11) is 0.